The molecule has 0 spiro atoms. The van der Waals surface area contributed by atoms with Crippen molar-refractivity contribution in [3.8, 4) is 0 Å². The molecule has 0 aromatic carbocycles. The number of halogens is 2. The molecule has 1 aromatic rings. The number of hydrogen-bond acceptors (Lipinski definition) is 2. The zero-order chi connectivity index (χ0) is 9.35. The lowest BCUT2D eigenvalue weighted by Gasteiger charge is -2.17. The Balaban J connectivity index is 3.23. The van der Waals surface area contributed by atoms with E-state index in [1.54, 1.807) is 0 Å². The van der Waals surface area contributed by atoms with Crippen molar-refractivity contribution in [3.63, 3.8) is 0 Å². The summed E-state index contributed by atoms with van der Waals surface area (Å²) in [5.41, 5.74) is -1.07. The van der Waals surface area contributed by atoms with Crippen molar-refractivity contribution < 1.29 is 9.50 Å². The molecule has 0 saturated carbocycles. The highest BCUT2D eigenvalue weighted by atomic mass is 35.5. The molecule has 1 heterocycles. The third kappa shape index (κ3) is 1.93. The summed E-state index contributed by atoms with van der Waals surface area (Å²) in [6, 6.07) is 1.32. The van der Waals surface area contributed by atoms with Gasteiger partial charge in [0.2, 0.25) is 0 Å². The molecule has 2 nitrogen and oxygen atoms in total. The van der Waals surface area contributed by atoms with E-state index in [0.29, 0.717) is 0 Å². The minimum absolute atomic E-state index is 0.155. The zero-order valence-corrected chi connectivity index (χ0v) is 7.56. The van der Waals surface area contributed by atoms with Crippen LogP contribution in [0.2, 0.25) is 5.15 Å². The molecular weight excluding hydrogens is 181 g/mol. The Hall–Kier alpha value is -0.670. The van der Waals surface area contributed by atoms with Crippen LogP contribution in [-0.4, -0.2) is 10.1 Å². The number of aromatic nitrogens is 1. The Morgan fingerprint density at radius 2 is 2.17 bits per heavy atom. The van der Waals surface area contributed by atoms with Gasteiger partial charge < -0.3 is 5.11 Å². The monoisotopic (exact) mass is 189 g/mol. The lowest BCUT2D eigenvalue weighted by atomic mass is 9.99. The first kappa shape index (κ1) is 9.42. The van der Waals surface area contributed by atoms with Crippen LogP contribution in [0.5, 0.6) is 0 Å². The second-order valence-corrected chi connectivity index (χ2v) is 3.43. The van der Waals surface area contributed by atoms with E-state index in [1.165, 1.54) is 19.9 Å². The molecule has 12 heavy (non-hydrogen) atoms. The van der Waals surface area contributed by atoms with Crippen LogP contribution in [0.3, 0.4) is 0 Å². The van der Waals surface area contributed by atoms with Crippen molar-refractivity contribution in [2.75, 3.05) is 0 Å². The van der Waals surface area contributed by atoms with Crippen LogP contribution in [0.1, 0.15) is 19.4 Å². The first-order chi connectivity index (χ1) is 5.41. The maximum Gasteiger partial charge on any atom is 0.147 e. The van der Waals surface area contributed by atoms with Crippen LogP contribution in [0, 0.1) is 5.82 Å². The number of rotatable bonds is 1. The predicted octanol–water partition coefficient (Wildman–Crippen LogP) is 2.10. The molecule has 0 radical (unpaired) electrons. The zero-order valence-electron chi connectivity index (χ0n) is 6.81. The summed E-state index contributed by atoms with van der Waals surface area (Å²) in [6.07, 6.45) is 0.996. The highest BCUT2D eigenvalue weighted by Crippen LogP contribution is 2.23. The van der Waals surface area contributed by atoms with Gasteiger partial charge >= 0.3 is 0 Å². The van der Waals surface area contributed by atoms with Gasteiger partial charge in [0.15, 0.2) is 0 Å². The second kappa shape index (κ2) is 2.99. The molecule has 0 fully saturated rings. The standard InChI is InChI=1S/C8H9ClFNO/c1-8(2,12)5-3-7(9)11-4-6(5)10/h3-4,12H,1-2H3. The first-order valence-corrected chi connectivity index (χ1v) is 3.83. The third-order valence-electron chi connectivity index (χ3n) is 1.48. The fraction of sp³-hybridized carbons (Fsp3) is 0.375. The lowest BCUT2D eigenvalue weighted by Crippen LogP contribution is -2.17. The predicted molar refractivity (Wildman–Crippen MR) is 44.4 cm³/mol. The van der Waals surface area contributed by atoms with E-state index in [-0.39, 0.29) is 10.7 Å². The maximum absolute atomic E-state index is 13.0. The fourth-order valence-corrected chi connectivity index (χ4v) is 1.04. The normalized spacial score (nSPS) is 11.8. The van der Waals surface area contributed by atoms with Gasteiger partial charge in [-0.2, -0.15) is 0 Å². The summed E-state index contributed by atoms with van der Waals surface area (Å²) in [6.45, 7) is 2.98. The van der Waals surface area contributed by atoms with Crippen LogP contribution in [0.25, 0.3) is 0 Å². The minimum Gasteiger partial charge on any atom is -0.386 e. The van der Waals surface area contributed by atoms with Crippen molar-refractivity contribution in [2.45, 2.75) is 19.4 Å². The van der Waals surface area contributed by atoms with E-state index in [4.69, 9.17) is 11.6 Å². The van der Waals surface area contributed by atoms with Crippen molar-refractivity contribution >= 4 is 11.6 Å². The molecule has 0 aliphatic heterocycles. The van der Waals surface area contributed by atoms with Crippen LogP contribution in [-0.2, 0) is 5.60 Å². The van der Waals surface area contributed by atoms with Gasteiger partial charge in [0.05, 0.1) is 11.8 Å². The number of aliphatic hydroxyl groups is 1. The summed E-state index contributed by atoms with van der Waals surface area (Å²) in [4.78, 5) is 3.53. The molecular formula is C8H9ClFNO. The average Bonchev–Trinajstić information content (AvgIpc) is 1.92. The highest BCUT2D eigenvalue weighted by molar-refractivity contribution is 6.29. The second-order valence-electron chi connectivity index (χ2n) is 3.05. The average molecular weight is 190 g/mol. The molecule has 1 N–H and O–H groups in total. The molecule has 0 bridgehead atoms. The Kier molecular flexibility index (Phi) is 2.35. The topological polar surface area (TPSA) is 33.1 Å². The molecule has 1 aromatic heterocycles. The van der Waals surface area contributed by atoms with Crippen molar-refractivity contribution in [3.05, 3.63) is 28.8 Å². The quantitative estimate of drug-likeness (QED) is 0.687. The number of pyridine rings is 1. The molecule has 0 amide bonds. The molecule has 0 unspecified atom stereocenters. The fourth-order valence-electron chi connectivity index (χ4n) is 0.882. The summed E-state index contributed by atoms with van der Waals surface area (Å²) < 4.78 is 13.0. The summed E-state index contributed by atoms with van der Waals surface area (Å²) in [5.74, 6) is -0.549. The summed E-state index contributed by atoms with van der Waals surface area (Å²) in [7, 11) is 0. The van der Waals surface area contributed by atoms with Gasteiger partial charge in [0.25, 0.3) is 0 Å². The van der Waals surface area contributed by atoms with Gasteiger partial charge in [-0.15, -0.1) is 0 Å². The van der Waals surface area contributed by atoms with Gasteiger partial charge in [0, 0.05) is 5.56 Å². The molecule has 0 aliphatic rings. The van der Waals surface area contributed by atoms with Gasteiger partial charge in [-0.1, -0.05) is 11.6 Å². The van der Waals surface area contributed by atoms with E-state index < -0.39 is 11.4 Å². The Morgan fingerprint density at radius 3 is 2.58 bits per heavy atom. The molecule has 4 heteroatoms. The Morgan fingerprint density at radius 1 is 1.58 bits per heavy atom. The van der Waals surface area contributed by atoms with Gasteiger partial charge in [-0.05, 0) is 19.9 Å². The lowest BCUT2D eigenvalue weighted by molar-refractivity contribution is 0.0744. The van der Waals surface area contributed by atoms with Crippen molar-refractivity contribution in [1.29, 1.82) is 0 Å². The maximum atomic E-state index is 13.0. The molecule has 0 atom stereocenters. The third-order valence-corrected chi connectivity index (χ3v) is 1.69. The van der Waals surface area contributed by atoms with Gasteiger partial charge in [0.1, 0.15) is 11.0 Å². The molecule has 1 rings (SSSR count). The molecule has 66 valence electrons. The van der Waals surface area contributed by atoms with Gasteiger partial charge in [-0.3, -0.25) is 0 Å². The molecule has 0 saturated heterocycles. The van der Waals surface area contributed by atoms with Crippen molar-refractivity contribution in [1.82, 2.24) is 4.98 Å². The highest BCUT2D eigenvalue weighted by Gasteiger charge is 2.20. The van der Waals surface area contributed by atoms with E-state index in [0.717, 1.165) is 6.20 Å². The largest absolute Gasteiger partial charge is 0.386 e. The van der Waals surface area contributed by atoms with E-state index in [9.17, 15) is 9.50 Å². The molecule has 0 aliphatic carbocycles. The van der Waals surface area contributed by atoms with Crippen LogP contribution < -0.4 is 0 Å². The SMILES string of the molecule is CC(C)(O)c1cc(Cl)ncc1F. The summed E-state index contributed by atoms with van der Waals surface area (Å²) in [5, 5.41) is 9.64. The van der Waals surface area contributed by atoms with Crippen LogP contribution >= 0.6 is 11.6 Å². The van der Waals surface area contributed by atoms with Crippen LogP contribution in [0.15, 0.2) is 12.3 Å². The number of nitrogens with zero attached hydrogens (tertiary/aromatic N) is 1. The number of hydrogen-bond donors (Lipinski definition) is 1. The van der Waals surface area contributed by atoms with E-state index in [2.05, 4.69) is 4.98 Å². The van der Waals surface area contributed by atoms with E-state index >= 15 is 0 Å². The minimum atomic E-state index is -1.23. The smallest absolute Gasteiger partial charge is 0.147 e. The Labute approximate surface area is 75.0 Å². The first-order valence-electron chi connectivity index (χ1n) is 3.45. The Bertz CT molecular complexity index is 296. The van der Waals surface area contributed by atoms with Gasteiger partial charge in [-0.25, -0.2) is 9.37 Å². The van der Waals surface area contributed by atoms with Crippen molar-refractivity contribution in [2.24, 2.45) is 0 Å². The van der Waals surface area contributed by atoms with Crippen LogP contribution in [0.4, 0.5) is 4.39 Å². The van der Waals surface area contributed by atoms with E-state index in [1.807, 2.05) is 0 Å². The summed E-state index contributed by atoms with van der Waals surface area (Å²) >= 11 is 5.53.